The van der Waals surface area contributed by atoms with Crippen molar-refractivity contribution in [1.29, 1.82) is 0 Å². The van der Waals surface area contributed by atoms with Crippen molar-refractivity contribution in [1.82, 2.24) is 15.5 Å². The lowest BCUT2D eigenvalue weighted by atomic mass is 9.97. The minimum atomic E-state index is -4.57. The summed E-state index contributed by atoms with van der Waals surface area (Å²) in [5.74, 6) is -0.984. The van der Waals surface area contributed by atoms with Crippen molar-refractivity contribution in [2.24, 2.45) is 0 Å². The van der Waals surface area contributed by atoms with E-state index < -0.39 is 52.8 Å². The summed E-state index contributed by atoms with van der Waals surface area (Å²) in [6.45, 7) is 7.32. The minimum absolute atomic E-state index is 0.0370. The molecule has 0 bridgehead atoms. The molecule has 46 heavy (non-hydrogen) atoms. The van der Waals surface area contributed by atoms with E-state index in [1.165, 1.54) is 35.7 Å². The Morgan fingerprint density at radius 2 is 1.72 bits per heavy atom. The van der Waals surface area contributed by atoms with Crippen LogP contribution in [0.15, 0.2) is 78.9 Å². The lowest BCUT2D eigenvalue weighted by Gasteiger charge is -2.33. The Morgan fingerprint density at radius 1 is 1.04 bits per heavy atom. The van der Waals surface area contributed by atoms with E-state index in [0.717, 1.165) is 23.3 Å². The molecule has 3 N–H and O–H groups in total. The normalized spacial score (nSPS) is 17.9. The van der Waals surface area contributed by atoms with E-state index in [1.807, 2.05) is 45.0 Å². The molecule has 4 unspecified atom stereocenters. The van der Waals surface area contributed by atoms with Crippen LogP contribution in [-0.4, -0.2) is 56.7 Å². The first-order valence-electron chi connectivity index (χ1n) is 14.8. The van der Waals surface area contributed by atoms with Gasteiger partial charge in [-0.05, 0) is 68.5 Å². The molecular weight excluding hydrogens is 619 g/mol. The molecule has 4 rings (SSSR count). The third kappa shape index (κ3) is 8.61. The van der Waals surface area contributed by atoms with Crippen molar-refractivity contribution < 1.29 is 37.4 Å². The van der Waals surface area contributed by atoms with Gasteiger partial charge >= 0.3 is 12.3 Å². The van der Waals surface area contributed by atoms with E-state index in [2.05, 4.69) is 10.6 Å². The summed E-state index contributed by atoms with van der Waals surface area (Å²) in [6.07, 6.45) is -8.39. The van der Waals surface area contributed by atoms with Crippen molar-refractivity contribution in [3.63, 3.8) is 0 Å². The molecule has 0 aliphatic carbocycles. The summed E-state index contributed by atoms with van der Waals surface area (Å²) >= 11 is 1.39. The van der Waals surface area contributed by atoms with Crippen molar-refractivity contribution in [2.45, 2.75) is 75.9 Å². The molecule has 0 radical (unpaired) electrons. The minimum Gasteiger partial charge on any atom is -0.442 e. The number of aryl methyl sites for hydroxylation is 1. The number of alkyl halides is 3. The average Bonchev–Trinajstić information content (AvgIpc) is 3.34. The summed E-state index contributed by atoms with van der Waals surface area (Å²) in [5.41, 5.74) is 1.89. The molecule has 12 heteroatoms. The maximum atomic E-state index is 13.8. The van der Waals surface area contributed by atoms with Crippen molar-refractivity contribution in [2.75, 3.05) is 5.88 Å². The van der Waals surface area contributed by atoms with Gasteiger partial charge in [-0.2, -0.15) is 13.2 Å². The SMILES string of the molecule is Cc1ccccc1CNC(=O)C1N(C(=O)C(O)C(Cc2ccccc2)NC(=O)OC(C)c2cccc(C(F)(F)F)c2)CSC1(C)C. The third-order valence-electron chi connectivity index (χ3n) is 7.99. The van der Waals surface area contributed by atoms with Gasteiger partial charge in [0.05, 0.1) is 17.5 Å². The third-order valence-corrected chi connectivity index (χ3v) is 9.37. The number of benzene rings is 3. The molecule has 4 atom stereocenters. The number of alkyl carbamates (subject to hydrolysis) is 1. The second-order valence-electron chi connectivity index (χ2n) is 11.8. The van der Waals surface area contributed by atoms with Crippen LogP contribution in [0.3, 0.4) is 0 Å². The first-order chi connectivity index (χ1) is 21.7. The smallest absolute Gasteiger partial charge is 0.416 e. The first kappa shape index (κ1) is 34.8. The van der Waals surface area contributed by atoms with Crippen molar-refractivity contribution in [3.8, 4) is 0 Å². The van der Waals surface area contributed by atoms with Crippen LogP contribution in [0.2, 0.25) is 0 Å². The zero-order valence-electron chi connectivity index (χ0n) is 26.0. The van der Waals surface area contributed by atoms with E-state index in [4.69, 9.17) is 4.74 Å². The predicted octanol–water partition coefficient (Wildman–Crippen LogP) is 5.77. The van der Waals surface area contributed by atoms with Crippen LogP contribution in [0.4, 0.5) is 18.0 Å². The van der Waals surface area contributed by atoms with E-state index in [9.17, 15) is 32.7 Å². The molecule has 3 amide bonds. The van der Waals surface area contributed by atoms with Crippen LogP contribution in [0, 0.1) is 6.92 Å². The number of carbonyl (C=O) groups is 3. The van der Waals surface area contributed by atoms with Gasteiger partial charge in [0.25, 0.3) is 5.91 Å². The Balaban J connectivity index is 1.50. The van der Waals surface area contributed by atoms with Gasteiger partial charge < -0.3 is 25.4 Å². The Labute approximate surface area is 270 Å². The van der Waals surface area contributed by atoms with Gasteiger partial charge in [-0.25, -0.2) is 4.79 Å². The Kier molecular flexibility index (Phi) is 11.1. The number of carbonyl (C=O) groups excluding carboxylic acids is 3. The number of thioether (sulfide) groups is 1. The van der Waals surface area contributed by atoms with Crippen LogP contribution in [-0.2, 0) is 33.5 Å². The highest BCUT2D eigenvalue weighted by Crippen LogP contribution is 2.40. The number of aliphatic hydroxyl groups excluding tert-OH is 1. The van der Waals surface area contributed by atoms with E-state index >= 15 is 0 Å². The first-order valence-corrected chi connectivity index (χ1v) is 15.8. The highest BCUT2D eigenvalue weighted by atomic mass is 32.2. The maximum absolute atomic E-state index is 13.8. The monoisotopic (exact) mass is 657 g/mol. The van der Waals surface area contributed by atoms with Crippen molar-refractivity contribution >= 4 is 29.7 Å². The molecule has 1 heterocycles. The largest absolute Gasteiger partial charge is 0.442 e. The zero-order chi connectivity index (χ0) is 33.6. The number of ether oxygens (including phenoxy) is 1. The molecule has 8 nitrogen and oxygen atoms in total. The van der Waals surface area contributed by atoms with Gasteiger partial charge in [-0.3, -0.25) is 9.59 Å². The van der Waals surface area contributed by atoms with Crippen molar-refractivity contribution in [3.05, 3.63) is 107 Å². The zero-order valence-corrected chi connectivity index (χ0v) is 26.8. The molecule has 3 aromatic carbocycles. The fourth-order valence-electron chi connectivity index (χ4n) is 5.33. The predicted molar refractivity (Wildman–Crippen MR) is 170 cm³/mol. The lowest BCUT2D eigenvalue weighted by molar-refractivity contribution is -0.147. The topological polar surface area (TPSA) is 108 Å². The van der Waals surface area contributed by atoms with Gasteiger partial charge in [0.15, 0.2) is 6.10 Å². The van der Waals surface area contributed by atoms with Gasteiger partial charge in [-0.15, -0.1) is 11.8 Å². The quantitative estimate of drug-likeness (QED) is 0.256. The second-order valence-corrected chi connectivity index (χ2v) is 13.4. The summed E-state index contributed by atoms with van der Waals surface area (Å²) in [5, 5.41) is 16.9. The van der Waals surface area contributed by atoms with Crippen LogP contribution < -0.4 is 10.6 Å². The summed E-state index contributed by atoms with van der Waals surface area (Å²) < 4.78 is 44.4. The fraction of sp³-hybridized carbons (Fsp3) is 0.382. The molecule has 0 saturated carbocycles. The molecule has 1 aliphatic rings. The van der Waals surface area contributed by atoms with Crippen LogP contribution in [0.1, 0.15) is 54.7 Å². The molecule has 1 fully saturated rings. The second kappa shape index (κ2) is 14.6. The number of hydrogen-bond donors (Lipinski definition) is 3. The van der Waals surface area contributed by atoms with Gasteiger partial charge in [0.1, 0.15) is 12.1 Å². The van der Waals surface area contributed by atoms with Crippen LogP contribution in [0.5, 0.6) is 0 Å². The lowest BCUT2D eigenvalue weighted by Crippen LogP contribution is -2.58. The highest BCUT2D eigenvalue weighted by molar-refractivity contribution is 8.00. The molecule has 0 spiro atoms. The summed E-state index contributed by atoms with van der Waals surface area (Å²) in [4.78, 5) is 41.7. The van der Waals surface area contributed by atoms with E-state index in [0.29, 0.717) is 5.56 Å². The Morgan fingerprint density at radius 3 is 2.39 bits per heavy atom. The Bertz CT molecular complexity index is 1540. The summed E-state index contributed by atoms with van der Waals surface area (Å²) in [6, 6.07) is 18.8. The fourth-order valence-corrected chi connectivity index (χ4v) is 6.47. The number of amides is 3. The number of rotatable bonds is 10. The molecule has 246 valence electrons. The average molecular weight is 658 g/mol. The number of aliphatic hydroxyl groups is 1. The summed E-state index contributed by atoms with van der Waals surface area (Å²) in [7, 11) is 0. The molecule has 1 aliphatic heterocycles. The van der Waals surface area contributed by atoms with Gasteiger partial charge in [-0.1, -0.05) is 66.7 Å². The molecule has 0 aromatic heterocycles. The van der Waals surface area contributed by atoms with E-state index in [1.54, 1.807) is 30.3 Å². The molecule has 3 aromatic rings. The van der Waals surface area contributed by atoms with Gasteiger partial charge in [0.2, 0.25) is 5.91 Å². The van der Waals surface area contributed by atoms with Crippen LogP contribution in [0.25, 0.3) is 0 Å². The number of hydrogen-bond acceptors (Lipinski definition) is 6. The number of halogens is 3. The number of nitrogens with zero attached hydrogens (tertiary/aromatic N) is 1. The maximum Gasteiger partial charge on any atom is 0.416 e. The highest BCUT2D eigenvalue weighted by Gasteiger charge is 2.49. The van der Waals surface area contributed by atoms with E-state index in [-0.39, 0.29) is 30.3 Å². The van der Waals surface area contributed by atoms with Gasteiger partial charge in [0, 0.05) is 11.3 Å². The van der Waals surface area contributed by atoms with Crippen LogP contribution >= 0.6 is 11.8 Å². The standard InChI is InChI=1S/C34H38F3N3O5S/c1-21-11-8-9-14-25(21)19-38-30(42)29-33(3,4)46-20-40(29)31(43)28(41)27(17-23-12-6-5-7-13-23)39-32(44)45-22(2)24-15-10-16-26(18-24)34(35,36)37/h5-16,18,22,27-29,41H,17,19-20H2,1-4H3,(H,38,42)(H,39,44). The number of nitrogens with one attached hydrogen (secondary N) is 2. The molecular formula is C34H38F3N3O5S. The molecule has 1 saturated heterocycles. The Hall–Kier alpha value is -4.03.